The molecular formula is C78H55BF6O3P2. The molecule has 0 amide bonds. The predicted octanol–water partition coefficient (Wildman–Crippen LogP) is 17.0. The van der Waals surface area contributed by atoms with Crippen LogP contribution in [0.15, 0.2) is 309 Å². The first-order valence-corrected chi connectivity index (χ1v) is 33.3. The van der Waals surface area contributed by atoms with Crippen molar-refractivity contribution >= 4 is 118 Å². The lowest BCUT2D eigenvalue weighted by Gasteiger charge is -2.28. The first-order valence-electron chi connectivity index (χ1n) is 29.4. The summed E-state index contributed by atoms with van der Waals surface area (Å²) in [5, 5.41) is 44.9. The standard InChI is InChI=1S/2C35H26P.C8H3BF6O3/c2*1-4-13-30(14-5-1)36(31-15-6-2-7-16-31,32-17-8-3-9-18-32)25-29-22-21-28-20-19-26-11-10-12-27-23-24-33(29)35(28)34(26)27;10-7(11,12)4-1-5(8(13,14)15)3-6(2-4)18-9(16)17/h2*1-24H,25H2;1-3H/q2*+1;-2. The minimum atomic E-state index is -5.05. The molecule has 0 aliphatic rings. The molecule has 90 heavy (non-hydrogen) atoms. The van der Waals surface area contributed by atoms with Crippen LogP contribution < -0.4 is 46.5 Å². The van der Waals surface area contributed by atoms with Crippen LogP contribution in [-0.4, -0.2) is 7.32 Å². The smallest absolute Gasteiger partial charge is 0.416 e. The van der Waals surface area contributed by atoms with Gasteiger partial charge in [-0.05, 0) is 167 Å². The van der Waals surface area contributed by atoms with E-state index in [1.54, 1.807) is 0 Å². The van der Waals surface area contributed by atoms with Crippen molar-refractivity contribution in [1.29, 1.82) is 0 Å². The van der Waals surface area contributed by atoms with Crippen LogP contribution in [0.1, 0.15) is 22.3 Å². The topological polar surface area (TPSA) is 55.3 Å². The largest absolute Gasteiger partial charge is 0.860 e. The molecule has 0 atom stereocenters. The Hall–Kier alpha value is -9.40. The molecule has 0 unspecified atom stereocenters. The van der Waals surface area contributed by atoms with Crippen LogP contribution in [0, 0.1) is 0 Å². The summed E-state index contributed by atoms with van der Waals surface area (Å²) in [6, 6.07) is 108. The molecule has 0 N–H and O–H groups in total. The lowest BCUT2D eigenvalue weighted by Crippen LogP contribution is -2.50. The highest BCUT2D eigenvalue weighted by atomic mass is 31.2. The van der Waals surface area contributed by atoms with Crippen molar-refractivity contribution in [3.05, 3.63) is 332 Å². The summed E-state index contributed by atoms with van der Waals surface area (Å²) in [6.45, 7) is 0. The van der Waals surface area contributed by atoms with Gasteiger partial charge < -0.3 is 14.7 Å². The Bertz CT molecular complexity index is 4400. The predicted molar refractivity (Wildman–Crippen MR) is 361 cm³/mol. The zero-order valence-corrected chi connectivity index (χ0v) is 50.1. The Kier molecular flexibility index (Phi) is 16.5. The molecule has 15 aromatic carbocycles. The molecule has 0 fully saturated rings. The van der Waals surface area contributed by atoms with Crippen LogP contribution in [-0.2, 0) is 24.7 Å². The molecule has 440 valence electrons. The van der Waals surface area contributed by atoms with E-state index < -0.39 is 51.1 Å². The molecule has 12 heteroatoms. The Morgan fingerprint density at radius 1 is 0.289 bits per heavy atom. The number of alkyl halides is 6. The summed E-state index contributed by atoms with van der Waals surface area (Å²) < 4.78 is 77.5. The molecule has 0 saturated carbocycles. The number of halogens is 6. The van der Waals surface area contributed by atoms with E-state index >= 15 is 0 Å². The molecule has 0 bridgehead atoms. The highest BCUT2D eigenvalue weighted by molar-refractivity contribution is 7.95. The van der Waals surface area contributed by atoms with Gasteiger partial charge in [0.15, 0.2) is 0 Å². The molecular weight excluding hydrogens is 1170 g/mol. The van der Waals surface area contributed by atoms with Crippen molar-refractivity contribution in [1.82, 2.24) is 0 Å². The van der Waals surface area contributed by atoms with Crippen LogP contribution in [0.5, 0.6) is 5.75 Å². The second-order valence-corrected chi connectivity index (χ2v) is 29.2. The molecule has 0 saturated heterocycles. The lowest BCUT2D eigenvalue weighted by atomic mass is 9.92. The fourth-order valence-electron chi connectivity index (χ4n) is 13.0. The number of rotatable bonds is 12. The number of hydrogen-bond acceptors (Lipinski definition) is 3. The van der Waals surface area contributed by atoms with E-state index in [9.17, 15) is 36.4 Å². The summed E-state index contributed by atoms with van der Waals surface area (Å²) in [5.41, 5.74) is -0.475. The number of hydrogen-bond donors (Lipinski definition) is 0. The Labute approximate surface area is 518 Å². The lowest BCUT2D eigenvalue weighted by molar-refractivity contribution is -0.372. The molecule has 0 aromatic heterocycles. The third-order valence-corrected chi connectivity index (χ3v) is 25.7. The van der Waals surface area contributed by atoms with E-state index in [2.05, 4.69) is 296 Å². The first-order chi connectivity index (χ1) is 43.7. The van der Waals surface area contributed by atoms with Gasteiger partial charge in [0.05, 0.1) is 29.2 Å². The fraction of sp³-hybridized carbons (Fsp3) is 0.0513. The molecule has 0 spiro atoms. The third kappa shape index (κ3) is 11.5. The Balaban J connectivity index is 0.000000132. The second-order valence-electron chi connectivity index (χ2n) is 22.3. The van der Waals surface area contributed by atoms with Crippen LogP contribution >= 0.6 is 14.5 Å². The van der Waals surface area contributed by atoms with Gasteiger partial charge in [-0.1, -0.05) is 218 Å². The second kappa shape index (κ2) is 24.9. The molecule has 15 aromatic rings. The normalized spacial score (nSPS) is 12.1. The van der Waals surface area contributed by atoms with Gasteiger partial charge in [-0.15, -0.1) is 0 Å². The van der Waals surface area contributed by atoms with Gasteiger partial charge >= 0.3 is 12.4 Å². The zero-order valence-electron chi connectivity index (χ0n) is 48.3. The van der Waals surface area contributed by atoms with Gasteiger partial charge in [-0.2, -0.15) is 26.3 Å². The minimum Gasteiger partial charge on any atom is -0.860 e. The average molecular weight is 1230 g/mol. The monoisotopic (exact) mass is 1230 g/mol. The van der Waals surface area contributed by atoms with Crippen LogP contribution in [0.4, 0.5) is 26.3 Å². The molecule has 15 rings (SSSR count). The van der Waals surface area contributed by atoms with Crippen LogP contribution in [0.2, 0.25) is 0 Å². The summed E-state index contributed by atoms with van der Waals surface area (Å²) in [7, 11) is -6.95. The first kappa shape index (κ1) is 59.6. The van der Waals surface area contributed by atoms with Crippen molar-refractivity contribution in [2.45, 2.75) is 24.7 Å². The molecule has 0 aliphatic carbocycles. The fourth-order valence-corrected chi connectivity index (χ4v) is 21.6. The van der Waals surface area contributed by atoms with Gasteiger partial charge in [-0.25, -0.2) is 0 Å². The van der Waals surface area contributed by atoms with E-state index in [1.807, 2.05) is 0 Å². The van der Waals surface area contributed by atoms with E-state index in [-0.39, 0.29) is 18.2 Å². The minimum absolute atomic E-state index is 0.141. The van der Waals surface area contributed by atoms with Gasteiger partial charge in [0.25, 0.3) is 0 Å². The quantitative estimate of drug-likeness (QED) is 0.0530. The molecule has 0 aliphatic heterocycles. The van der Waals surface area contributed by atoms with E-state index in [0.717, 1.165) is 12.3 Å². The SMILES string of the molecule is [O-]B([O-])Oc1cc(C(F)(F)F)cc(C(F)(F)F)c1.c1ccc([P+](Cc2ccc3ccc4cccc5ccc2c3c45)(c2ccccc2)c2ccccc2)cc1.c1ccc([P+](Cc2ccc3ccc4cccc5ccc2c3c45)(c2ccccc2)c2ccccc2)cc1. The highest BCUT2D eigenvalue weighted by Crippen LogP contribution is 2.60. The van der Waals surface area contributed by atoms with Crippen molar-refractivity contribution < 1.29 is 41.0 Å². The number of benzene rings is 15. The van der Waals surface area contributed by atoms with Crippen molar-refractivity contribution in [2.75, 3.05) is 0 Å². The van der Waals surface area contributed by atoms with E-state index in [4.69, 9.17) is 0 Å². The third-order valence-electron chi connectivity index (χ3n) is 17.0. The zero-order chi connectivity index (χ0) is 62.0. The van der Waals surface area contributed by atoms with Gasteiger partial charge in [0, 0.05) is 0 Å². The van der Waals surface area contributed by atoms with Crippen molar-refractivity contribution in [3.8, 4) is 5.75 Å². The van der Waals surface area contributed by atoms with Crippen molar-refractivity contribution in [2.24, 2.45) is 0 Å². The maximum absolute atomic E-state index is 12.3. The van der Waals surface area contributed by atoms with Gasteiger partial charge in [0.1, 0.15) is 53.7 Å². The Morgan fingerprint density at radius 2 is 0.544 bits per heavy atom. The maximum atomic E-state index is 12.3. The molecule has 0 heterocycles. The summed E-state index contributed by atoms with van der Waals surface area (Å²) in [5.74, 6) is -1.08. The van der Waals surface area contributed by atoms with Gasteiger partial charge in [-0.3, -0.25) is 0 Å². The van der Waals surface area contributed by atoms with E-state index in [1.165, 1.54) is 108 Å². The van der Waals surface area contributed by atoms with Crippen molar-refractivity contribution in [3.63, 3.8) is 0 Å². The summed E-state index contributed by atoms with van der Waals surface area (Å²) >= 11 is 0. The highest BCUT2D eigenvalue weighted by Gasteiger charge is 2.47. The molecule has 0 radical (unpaired) electrons. The average Bonchev–Trinajstić information content (AvgIpc) is 3.29. The summed E-state index contributed by atoms with van der Waals surface area (Å²) in [4.78, 5) is 0. The molecule has 3 nitrogen and oxygen atoms in total. The summed E-state index contributed by atoms with van der Waals surface area (Å²) in [6.07, 6.45) is -8.14. The van der Waals surface area contributed by atoms with E-state index in [0.29, 0.717) is 0 Å². The Morgan fingerprint density at radius 3 is 0.811 bits per heavy atom. The van der Waals surface area contributed by atoms with Crippen LogP contribution in [0.3, 0.4) is 0 Å². The maximum Gasteiger partial charge on any atom is 0.416 e. The van der Waals surface area contributed by atoms with Crippen LogP contribution in [0.25, 0.3) is 64.6 Å². The van der Waals surface area contributed by atoms with Gasteiger partial charge in [0.2, 0.25) is 0 Å².